The average molecular weight is 286 g/mol. The minimum atomic E-state index is 0.474. The van der Waals surface area contributed by atoms with Gasteiger partial charge >= 0.3 is 0 Å². The monoisotopic (exact) mass is 286 g/mol. The Morgan fingerprint density at radius 1 is 1.14 bits per heavy atom. The molecule has 21 heavy (non-hydrogen) atoms. The maximum atomic E-state index is 3.87. The second kappa shape index (κ2) is 6.93. The fraction of sp³-hybridized carbons (Fsp3) is 0.684. The summed E-state index contributed by atoms with van der Waals surface area (Å²) in [4.78, 5) is 2.83. The number of rotatable bonds is 4. The third-order valence-electron chi connectivity index (χ3n) is 5.43. The van der Waals surface area contributed by atoms with Crippen molar-refractivity contribution in [2.24, 2.45) is 0 Å². The van der Waals surface area contributed by atoms with Crippen molar-refractivity contribution in [3.05, 3.63) is 35.9 Å². The molecule has 1 unspecified atom stereocenters. The highest BCUT2D eigenvalue weighted by molar-refractivity contribution is 5.16. The molecule has 1 N–H and O–H groups in total. The van der Waals surface area contributed by atoms with Crippen molar-refractivity contribution in [3.8, 4) is 0 Å². The van der Waals surface area contributed by atoms with Crippen molar-refractivity contribution >= 4 is 0 Å². The van der Waals surface area contributed by atoms with Crippen molar-refractivity contribution in [1.82, 2.24) is 10.2 Å². The lowest BCUT2D eigenvalue weighted by atomic mass is 9.78. The van der Waals surface area contributed by atoms with Crippen molar-refractivity contribution in [2.45, 2.75) is 63.5 Å². The SMILES string of the molecule is CCCN1CC(Cc2ccccc2)NCC12CCCCC2. The largest absolute Gasteiger partial charge is 0.311 e. The van der Waals surface area contributed by atoms with Crippen LogP contribution in [0.1, 0.15) is 51.0 Å². The summed E-state index contributed by atoms with van der Waals surface area (Å²) < 4.78 is 0. The van der Waals surface area contributed by atoms with Crippen LogP contribution in [0.3, 0.4) is 0 Å². The summed E-state index contributed by atoms with van der Waals surface area (Å²) in [7, 11) is 0. The smallest absolute Gasteiger partial charge is 0.0334 e. The first-order valence-corrected chi connectivity index (χ1v) is 8.85. The van der Waals surface area contributed by atoms with E-state index in [0.717, 1.165) is 6.42 Å². The van der Waals surface area contributed by atoms with Crippen molar-refractivity contribution in [1.29, 1.82) is 0 Å². The van der Waals surface area contributed by atoms with Gasteiger partial charge in [0.05, 0.1) is 0 Å². The predicted octanol–water partition coefficient (Wildman–Crippen LogP) is 3.62. The van der Waals surface area contributed by atoms with E-state index in [1.807, 2.05) is 0 Å². The lowest BCUT2D eigenvalue weighted by molar-refractivity contribution is 0.0101. The van der Waals surface area contributed by atoms with Crippen LogP contribution in [0.25, 0.3) is 0 Å². The third kappa shape index (κ3) is 3.49. The Morgan fingerprint density at radius 3 is 2.62 bits per heavy atom. The summed E-state index contributed by atoms with van der Waals surface area (Å²) in [5.41, 5.74) is 1.94. The van der Waals surface area contributed by atoms with Crippen LogP contribution < -0.4 is 5.32 Å². The number of benzene rings is 1. The van der Waals surface area contributed by atoms with Crippen molar-refractivity contribution < 1.29 is 0 Å². The van der Waals surface area contributed by atoms with E-state index in [9.17, 15) is 0 Å². The lowest BCUT2D eigenvalue weighted by Crippen LogP contribution is -2.65. The molecule has 1 aromatic carbocycles. The standard InChI is InChI=1S/C19H30N2/c1-2-13-21-15-18(14-17-9-5-3-6-10-17)20-16-19(21)11-7-4-8-12-19/h3,5-6,9-10,18,20H,2,4,7-8,11-16H2,1H3. The van der Waals surface area contributed by atoms with Crippen LogP contribution in [0.5, 0.6) is 0 Å². The molecule has 0 bridgehead atoms. The molecule has 116 valence electrons. The quantitative estimate of drug-likeness (QED) is 0.909. The van der Waals surface area contributed by atoms with Crippen molar-refractivity contribution in [3.63, 3.8) is 0 Å². The number of hydrogen-bond acceptors (Lipinski definition) is 2. The van der Waals surface area contributed by atoms with Gasteiger partial charge in [0, 0.05) is 24.7 Å². The van der Waals surface area contributed by atoms with Crippen LogP contribution in [-0.4, -0.2) is 36.1 Å². The number of nitrogens with zero attached hydrogens (tertiary/aromatic N) is 1. The molecular weight excluding hydrogens is 256 g/mol. The van der Waals surface area contributed by atoms with E-state index in [2.05, 4.69) is 47.5 Å². The Kier molecular flexibility index (Phi) is 4.97. The van der Waals surface area contributed by atoms with Crippen molar-refractivity contribution in [2.75, 3.05) is 19.6 Å². The molecule has 2 heteroatoms. The molecule has 1 aromatic rings. The van der Waals surface area contributed by atoms with E-state index in [1.54, 1.807) is 0 Å². The molecule has 1 heterocycles. The van der Waals surface area contributed by atoms with Crippen LogP contribution in [-0.2, 0) is 6.42 Å². The van der Waals surface area contributed by atoms with Gasteiger partial charge in [0.25, 0.3) is 0 Å². The maximum absolute atomic E-state index is 3.87. The molecule has 1 spiro atoms. The molecule has 2 fully saturated rings. The number of hydrogen-bond donors (Lipinski definition) is 1. The summed E-state index contributed by atoms with van der Waals surface area (Å²) in [5, 5.41) is 3.87. The Labute approximate surface area is 129 Å². The predicted molar refractivity (Wildman–Crippen MR) is 89.6 cm³/mol. The van der Waals surface area contributed by atoms with E-state index in [0.29, 0.717) is 11.6 Å². The fourth-order valence-electron chi connectivity index (χ4n) is 4.31. The Morgan fingerprint density at radius 2 is 1.90 bits per heavy atom. The van der Waals surface area contributed by atoms with E-state index >= 15 is 0 Å². The second-order valence-corrected chi connectivity index (χ2v) is 7.00. The topological polar surface area (TPSA) is 15.3 Å². The fourth-order valence-corrected chi connectivity index (χ4v) is 4.31. The Hall–Kier alpha value is -0.860. The van der Waals surface area contributed by atoms with E-state index in [4.69, 9.17) is 0 Å². The summed E-state index contributed by atoms with van der Waals surface area (Å²) in [6, 6.07) is 11.6. The van der Waals surface area contributed by atoms with Gasteiger partial charge in [-0.2, -0.15) is 0 Å². The van der Waals surface area contributed by atoms with Gasteiger partial charge in [0.1, 0.15) is 0 Å². The zero-order valence-corrected chi connectivity index (χ0v) is 13.5. The average Bonchev–Trinajstić information content (AvgIpc) is 2.53. The molecule has 2 nitrogen and oxygen atoms in total. The molecule has 1 saturated carbocycles. The zero-order valence-electron chi connectivity index (χ0n) is 13.5. The maximum Gasteiger partial charge on any atom is 0.0334 e. The van der Waals surface area contributed by atoms with Crippen LogP contribution in [0.15, 0.2) is 30.3 Å². The first-order valence-electron chi connectivity index (χ1n) is 8.85. The lowest BCUT2D eigenvalue weighted by Gasteiger charge is -2.52. The van der Waals surface area contributed by atoms with Gasteiger partial charge in [-0.3, -0.25) is 4.90 Å². The summed E-state index contributed by atoms with van der Waals surface area (Å²) in [6.07, 6.45) is 9.53. The van der Waals surface area contributed by atoms with Gasteiger partial charge in [-0.05, 0) is 37.8 Å². The van der Waals surface area contributed by atoms with Gasteiger partial charge in [0.2, 0.25) is 0 Å². The molecule has 0 radical (unpaired) electrons. The molecular formula is C19H30N2. The highest BCUT2D eigenvalue weighted by atomic mass is 15.3. The van der Waals surface area contributed by atoms with Crippen LogP contribution in [0.2, 0.25) is 0 Å². The van der Waals surface area contributed by atoms with Gasteiger partial charge in [-0.25, -0.2) is 0 Å². The summed E-state index contributed by atoms with van der Waals surface area (Å²) >= 11 is 0. The Bertz CT molecular complexity index is 422. The molecule has 3 rings (SSSR count). The highest BCUT2D eigenvalue weighted by Gasteiger charge is 2.41. The van der Waals surface area contributed by atoms with Crippen LogP contribution >= 0.6 is 0 Å². The second-order valence-electron chi connectivity index (χ2n) is 7.00. The van der Waals surface area contributed by atoms with Crippen LogP contribution in [0.4, 0.5) is 0 Å². The summed E-state index contributed by atoms with van der Waals surface area (Å²) in [6.45, 7) is 6.02. The molecule has 0 aromatic heterocycles. The molecule has 1 aliphatic heterocycles. The molecule has 2 aliphatic rings. The van der Waals surface area contributed by atoms with E-state index < -0.39 is 0 Å². The molecule has 1 aliphatic carbocycles. The van der Waals surface area contributed by atoms with Crippen LogP contribution in [0, 0.1) is 0 Å². The zero-order chi connectivity index (χ0) is 14.5. The minimum Gasteiger partial charge on any atom is -0.311 e. The normalized spacial score (nSPS) is 26.0. The molecule has 0 amide bonds. The first kappa shape index (κ1) is 15.1. The Balaban J connectivity index is 1.66. The van der Waals surface area contributed by atoms with E-state index in [1.165, 1.54) is 63.7 Å². The minimum absolute atomic E-state index is 0.474. The van der Waals surface area contributed by atoms with Gasteiger partial charge in [-0.1, -0.05) is 56.5 Å². The van der Waals surface area contributed by atoms with Gasteiger partial charge in [0.15, 0.2) is 0 Å². The number of nitrogens with one attached hydrogen (secondary N) is 1. The van der Waals surface area contributed by atoms with Gasteiger partial charge < -0.3 is 5.32 Å². The first-order chi connectivity index (χ1) is 10.3. The third-order valence-corrected chi connectivity index (χ3v) is 5.43. The van der Waals surface area contributed by atoms with E-state index in [-0.39, 0.29) is 0 Å². The summed E-state index contributed by atoms with van der Waals surface area (Å²) in [5.74, 6) is 0. The van der Waals surface area contributed by atoms with Gasteiger partial charge in [-0.15, -0.1) is 0 Å². The highest BCUT2D eigenvalue weighted by Crippen LogP contribution is 2.35. The molecule has 1 atom stereocenters. The molecule has 1 saturated heterocycles. The number of piperazine rings is 1.